The first-order valence-electron chi connectivity index (χ1n) is 3.70. The lowest BCUT2D eigenvalue weighted by Gasteiger charge is -2.08. The number of rotatable bonds is 0. The molecule has 1 aliphatic carbocycles. The minimum Gasteiger partial charge on any atom is -0.114 e. The van der Waals surface area contributed by atoms with Crippen LogP contribution in [-0.2, 0) is 0 Å². The van der Waals surface area contributed by atoms with Gasteiger partial charge in [-0.15, -0.1) is 12.0 Å². The van der Waals surface area contributed by atoms with E-state index in [-0.39, 0.29) is 0 Å². The molecule has 0 aromatic carbocycles. The molecule has 9 heavy (non-hydrogen) atoms. The van der Waals surface area contributed by atoms with E-state index < -0.39 is 0 Å². The zero-order chi connectivity index (χ0) is 6.32. The van der Waals surface area contributed by atoms with Gasteiger partial charge < -0.3 is 0 Å². The summed E-state index contributed by atoms with van der Waals surface area (Å²) in [5.41, 5.74) is 0.548. The molecular weight excluding hydrogens is 107 g/mol. The van der Waals surface area contributed by atoms with Gasteiger partial charge in [0, 0.05) is 5.41 Å². The molecule has 2 aliphatic rings. The van der Waals surface area contributed by atoms with E-state index in [0.717, 1.165) is 0 Å². The van der Waals surface area contributed by atoms with Gasteiger partial charge in [0.05, 0.1) is 0 Å². The number of hydrogen-bond acceptors (Lipinski definition) is 0. The summed E-state index contributed by atoms with van der Waals surface area (Å²) >= 11 is 0. The molecule has 2 rings (SSSR count). The van der Waals surface area contributed by atoms with Gasteiger partial charge in [0.15, 0.2) is 6.71 Å². The van der Waals surface area contributed by atoms with Crippen molar-refractivity contribution < 1.29 is 0 Å². The van der Waals surface area contributed by atoms with Crippen molar-refractivity contribution in [1.29, 1.82) is 0 Å². The predicted octanol–water partition coefficient (Wildman–Crippen LogP) is 2.10. The Bertz CT molecular complexity index is 159. The van der Waals surface area contributed by atoms with Crippen LogP contribution in [0.1, 0.15) is 12.8 Å². The number of allylic oxidation sites excluding steroid dienone is 2. The molecular formula is C8H11B. The first-order chi connectivity index (χ1) is 4.31. The Morgan fingerprint density at radius 1 is 1.22 bits per heavy atom. The van der Waals surface area contributed by atoms with Gasteiger partial charge in [0.25, 0.3) is 0 Å². The van der Waals surface area contributed by atoms with Gasteiger partial charge in [-0.2, -0.15) is 0 Å². The van der Waals surface area contributed by atoms with Crippen molar-refractivity contribution in [2.75, 3.05) is 0 Å². The molecule has 1 heteroatoms. The zero-order valence-corrected chi connectivity index (χ0v) is 5.80. The molecule has 0 atom stereocenters. The van der Waals surface area contributed by atoms with Crippen LogP contribution in [0.5, 0.6) is 0 Å². The Morgan fingerprint density at radius 3 is 2.22 bits per heavy atom. The van der Waals surface area contributed by atoms with E-state index in [4.69, 9.17) is 0 Å². The Hall–Kier alpha value is -0.455. The molecule has 0 bridgehead atoms. The third-order valence-corrected chi connectivity index (χ3v) is 2.29. The Balaban J connectivity index is 2.18. The summed E-state index contributed by atoms with van der Waals surface area (Å²) in [5.74, 6) is 4.62. The molecule has 1 aliphatic heterocycles. The monoisotopic (exact) mass is 118 g/mol. The van der Waals surface area contributed by atoms with Crippen LogP contribution >= 0.6 is 0 Å². The summed E-state index contributed by atoms with van der Waals surface area (Å²) in [6, 6.07) is 0. The van der Waals surface area contributed by atoms with Gasteiger partial charge in [0.2, 0.25) is 0 Å². The SMILES string of the molecule is CB1C=CC2(C=C1)CC2. The van der Waals surface area contributed by atoms with Crippen LogP contribution in [0.4, 0.5) is 0 Å². The van der Waals surface area contributed by atoms with Crippen LogP contribution in [0.25, 0.3) is 0 Å². The lowest BCUT2D eigenvalue weighted by atomic mass is 9.50. The average molecular weight is 118 g/mol. The molecule has 0 unspecified atom stereocenters. The second kappa shape index (κ2) is 1.53. The largest absolute Gasteiger partial charge is 0.188 e. The Labute approximate surface area is 56.7 Å². The average Bonchev–Trinajstić information content (AvgIpc) is 2.60. The van der Waals surface area contributed by atoms with Crippen molar-refractivity contribution in [2.24, 2.45) is 5.41 Å². The Kier molecular flexibility index (Phi) is 0.906. The third kappa shape index (κ3) is 0.847. The maximum atomic E-state index is 2.37. The summed E-state index contributed by atoms with van der Waals surface area (Å²) in [6.07, 6.45) is 7.51. The standard InChI is InChI=1S/C8H11B/c1-9-6-4-8(2-3-8)5-7-9/h4-7H,2-3H2,1H3. The lowest BCUT2D eigenvalue weighted by molar-refractivity contribution is 0.856. The molecule has 0 radical (unpaired) electrons. The topological polar surface area (TPSA) is 0 Å². The number of hydrogen-bond donors (Lipinski definition) is 0. The van der Waals surface area contributed by atoms with Crippen LogP contribution in [0.3, 0.4) is 0 Å². The van der Waals surface area contributed by atoms with Crippen LogP contribution in [0.2, 0.25) is 6.82 Å². The van der Waals surface area contributed by atoms with E-state index in [9.17, 15) is 0 Å². The smallest absolute Gasteiger partial charge is 0.114 e. The van der Waals surface area contributed by atoms with Gasteiger partial charge >= 0.3 is 0 Å². The minimum atomic E-state index is 0.548. The second-order valence-electron chi connectivity index (χ2n) is 3.31. The van der Waals surface area contributed by atoms with E-state index in [1.54, 1.807) is 0 Å². The van der Waals surface area contributed by atoms with Gasteiger partial charge in [0.1, 0.15) is 0 Å². The maximum Gasteiger partial charge on any atom is 0.188 e. The van der Waals surface area contributed by atoms with E-state index in [1.165, 1.54) is 12.8 Å². The van der Waals surface area contributed by atoms with E-state index in [0.29, 0.717) is 12.1 Å². The Morgan fingerprint density at radius 2 is 1.78 bits per heavy atom. The molecule has 1 spiro atoms. The maximum absolute atomic E-state index is 2.37. The fraction of sp³-hybridized carbons (Fsp3) is 0.500. The summed E-state index contributed by atoms with van der Waals surface area (Å²) in [7, 11) is 0. The van der Waals surface area contributed by atoms with Gasteiger partial charge in [-0.3, -0.25) is 0 Å². The summed E-state index contributed by atoms with van der Waals surface area (Å²) in [4.78, 5) is 0. The molecule has 1 fully saturated rings. The first-order valence-corrected chi connectivity index (χ1v) is 3.70. The highest BCUT2D eigenvalue weighted by Gasteiger charge is 2.38. The van der Waals surface area contributed by atoms with Crippen molar-refractivity contribution in [3.8, 4) is 0 Å². The first kappa shape index (κ1) is 5.34. The van der Waals surface area contributed by atoms with Crippen molar-refractivity contribution in [1.82, 2.24) is 0 Å². The normalized spacial score (nSPS) is 27.4. The van der Waals surface area contributed by atoms with E-state index in [1.807, 2.05) is 0 Å². The highest BCUT2D eigenvalue weighted by atomic mass is 14.4. The van der Waals surface area contributed by atoms with Crippen LogP contribution in [-0.4, -0.2) is 6.71 Å². The molecule has 0 aromatic heterocycles. The molecule has 1 heterocycles. The predicted molar refractivity (Wildman–Crippen MR) is 41.6 cm³/mol. The fourth-order valence-corrected chi connectivity index (χ4v) is 1.28. The van der Waals surface area contributed by atoms with Crippen LogP contribution < -0.4 is 0 Å². The van der Waals surface area contributed by atoms with Gasteiger partial charge in [-0.05, 0) is 12.8 Å². The van der Waals surface area contributed by atoms with Gasteiger partial charge in [-0.1, -0.05) is 19.0 Å². The van der Waals surface area contributed by atoms with E-state index in [2.05, 4.69) is 30.9 Å². The highest BCUT2D eigenvalue weighted by molar-refractivity contribution is 6.68. The molecule has 0 N–H and O–H groups in total. The highest BCUT2D eigenvalue weighted by Crippen LogP contribution is 2.49. The lowest BCUT2D eigenvalue weighted by Crippen LogP contribution is -2.06. The van der Waals surface area contributed by atoms with Crippen LogP contribution in [0.15, 0.2) is 24.1 Å². The zero-order valence-electron chi connectivity index (χ0n) is 5.80. The summed E-state index contributed by atoms with van der Waals surface area (Å²) in [6.45, 7) is 2.90. The van der Waals surface area contributed by atoms with Crippen molar-refractivity contribution >= 4 is 6.71 Å². The van der Waals surface area contributed by atoms with E-state index >= 15 is 0 Å². The van der Waals surface area contributed by atoms with Crippen molar-refractivity contribution in [3.63, 3.8) is 0 Å². The van der Waals surface area contributed by atoms with Crippen LogP contribution in [0, 0.1) is 5.41 Å². The summed E-state index contributed by atoms with van der Waals surface area (Å²) in [5, 5.41) is 0. The minimum absolute atomic E-state index is 0.548. The molecule has 1 saturated carbocycles. The summed E-state index contributed by atoms with van der Waals surface area (Å²) < 4.78 is 0. The molecule has 0 nitrogen and oxygen atoms in total. The molecule has 0 saturated heterocycles. The fourth-order valence-electron chi connectivity index (χ4n) is 1.28. The van der Waals surface area contributed by atoms with Crippen molar-refractivity contribution in [3.05, 3.63) is 24.1 Å². The molecule has 46 valence electrons. The second-order valence-corrected chi connectivity index (χ2v) is 3.31. The molecule has 0 amide bonds. The van der Waals surface area contributed by atoms with Crippen molar-refractivity contribution in [2.45, 2.75) is 19.7 Å². The molecule has 0 aromatic rings. The third-order valence-electron chi connectivity index (χ3n) is 2.29. The quantitative estimate of drug-likeness (QED) is 0.427. The van der Waals surface area contributed by atoms with Gasteiger partial charge in [-0.25, -0.2) is 0 Å².